The molecule has 220 valence electrons. The van der Waals surface area contributed by atoms with Gasteiger partial charge in [-0.3, -0.25) is 24.2 Å². The molecule has 0 saturated carbocycles. The molecule has 2 aliphatic heterocycles. The highest BCUT2D eigenvalue weighted by molar-refractivity contribution is 6.42. The number of likely N-dealkylation sites (N-methyl/N-ethyl adjacent to an activating group) is 1. The Labute approximate surface area is 254 Å². The van der Waals surface area contributed by atoms with E-state index in [-0.39, 0.29) is 41.9 Å². The second-order valence-electron chi connectivity index (χ2n) is 10.3. The van der Waals surface area contributed by atoms with E-state index in [2.05, 4.69) is 10.2 Å². The molecule has 1 N–H and O–H groups in total. The highest BCUT2D eigenvalue weighted by Gasteiger charge is 2.32. The van der Waals surface area contributed by atoms with Crippen LogP contribution in [0.1, 0.15) is 18.5 Å². The van der Waals surface area contributed by atoms with Crippen molar-refractivity contribution in [3.63, 3.8) is 0 Å². The van der Waals surface area contributed by atoms with Gasteiger partial charge in [0.15, 0.2) is 6.61 Å². The summed E-state index contributed by atoms with van der Waals surface area (Å²) in [5.41, 5.74) is 3.83. The van der Waals surface area contributed by atoms with Crippen molar-refractivity contribution in [3.8, 4) is 16.9 Å². The average Bonchev–Trinajstić information content (AvgIpc) is 2.98. The number of carbonyl (C=O) groups is 3. The van der Waals surface area contributed by atoms with Gasteiger partial charge in [-0.15, -0.1) is 0 Å². The number of hydrogen-bond acceptors (Lipinski definition) is 6. The van der Waals surface area contributed by atoms with Gasteiger partial charge in [0.25, 0.3) is 5.91 Å². The molecule has 0 spiro atoms. The Hall–Kier alpha value is -3.63. The van der Waals surface area contributed by atoms with Gasteiger partial charge in [0, 0.05) is 50.9 Å². The lowest BCUT2D eigenvalue weighted by molar-refractivity contribution is -0.133. The number of halogens is 2. The first-order valence-corrected chi connectivity index (χ1v) is 14.4. The number of para-hydroxylation sites is 1. The molecule has 42 heavy (non-hydrogen) atoms. The van der Waals surface area contributed by atoms with Crippen LogP contribution >= 0.6 is 23.2 Å². The summed E-state index contributed by atoms with van der Waals surface area (Å²) in [4.78, 5) is 43.9. The number of rotatable bonds is 8. The van der Waals surface area contributed by atoms with Gasteiger partial charge in [-0.2, -0.15) is 0 Å². The predicted octanol–water partition coefficient (Wildman–Crippen LogP) is 4.88. The third kappa shape index (κ3) is 6.71. The summed E-state index contributed by atoms with van der Waals surface area (Å²) in [6.45, 7) is 4.41. The first-order chi connectivity index (χ1) is 20.2. The first kappa shape index (κ1) is 29.8. The zero-order valence-corrected chi connectivity index (χ0v) is 25.0. The number of ether oxygens (including phenoxy) is 2. The van der Waals surface area contributed by atoms with Crippen molar-refractivity contribution in [3.05, 3.63) is 76.3 Å². The number of anilines is 2. The maximum atomic E-state index is 13.8. The molecule has 0 bridgehead atoms. The minimum Gasteiger partial charge on any atom is -0.482 e. The second kappa shape index (κ2) is 13.1. The Bertz CT molecular complexity index is 1490. The third-order valence-electron chi connectivity index (χ3n) is 7.45. The van der Waals surface area contributed by atoms with Gasteiger partial charge in [-0.1, -0.05) is 59.6 Å². The van der Waals surface area contributed by atoms with Crippen molar-refractivity contribution in [1.29, 1.82) is 0 Å². The molecule has 1 saturated heterocycles. The summed E-state index contributed by atoms with van der Waals surface area (Å²) in [5, 5.41) is 3.47. The zero-order valence-electron chi connectivity index (χ0n) is 23.4. The van der Waals surface area contributed by atoms with E-state index in [0.29, 0.717) is 41.9 Å². The average molecular weight is 612 g/mol. The Kier molecular flexibility index (Phi) is 9.33. The van der Waals surface area contributed by atoms with Crippen LogP contribution in [0.2, 0.25) is 10.0 Å². The Morgan fingerprint density at radius 2 is 1.76 bits per heavy atom. The molecular formula is C31H32Cl2N4O5. The van der Waals surface area contributed by atoms with Crippen LogP contribution < -0.4 is 15.0 Å². The molecule has 0 radical (unpaired) electrons. The van der Waals surface area contributed by atoms with E-state index < -0.39 is 0 Å². The van der Waals surface area contributed by atoms with Crippen LogP contribution in [0.4, 0.5) is 11.4 Å². The fourth-order valence-electron chi connectivity index (χ4n) is 5.22. The molecule has 5 rings (SSSR count). The summed E-state index contributed by atoms with van der Waals surface area (Å²) in [6.07, 6.45) is 0. The molecule has 1 unspecified atom stereocenters. The van der Waals surface area contributed by atoms with Crippen molar-refractivity contribution >= 4 is 52.3 Å². The van der Waals surface area contributed by atoms with Crippen molar-refractivity contribution < 1.29 is 23.9 Å². The summed E-state index contributed by atoms with van der Waals surface area (Å²) >= 11 is 12.4. The lowest BCUT2D eigenvalue weighted by Gasteiger charge is -2.37. The number of fused-ring (bicyclic) bond motifs is 1. The van der Waals surface area contributed by atoms with Crippen LogP contribution in [-0.2, 0) is 19.1 Å². The molecule has 11 heteroatoms. The molecule has 2 heterocycles. The van der Waals surface area contributed by atoms with Crippen molar-refractivity contribution in [1.82, 2.24) is 9.80 Å². The van der Waals surface area contributed by atoms with Crippen LogP contribution in [0.15, 0.2) is 60.7 Å². The van der Waals surface area contributed by atoms with Gasteiger partial charge in [0.05, 0.1) is 35.0 Å². The van der Waals surface area contributed by atoms with Crippen LogP contribution in [0.5, 0.6) is 5.75 Å². The van der Waals surface area contributed by atoms with Crippen molar-refractivity contribution in [2.24, 2.45) is 0 Å². The first-order valence-electron chi connectivity index (χ1n) is 13.7. The molecule has 3 aromatic carbocycles. The van der Waals surface area contributed by atoms with Gasteiger partial charge in [-0.05, 0) is 29.3 Å². The van der Waals surface area contributed by atoms with Gasteiger partial charge in [-0.25, -0.2) is 0 Å². The quantitative estimate of drug-likeness (QED) is 0.391. The minimum absolute atomic E-state index is 0.156. The van der Waals surface area contributed by atoms with E-state index in [9.17, 15) is 14.4 Å². The Morgan fingerprint density at radius 3 is 2.52 bits per heavy atom. The smallest absolute Gasteiger partial charge is 0.265 e. The van der Waals surface area contributed by atoms with E-state index in [1.165, 1.54) is 11.8 Å². The zero-order chi connectivity index (χ0) is 29.8. The summed E-state index contributed by atoms with van der Waals surface area (Å²) < 4.78 is 11.1. The maximum absolute atomic E-state index is 13.8. The largest absolute Gasteiger partial charge is 0.482 e. The number of hydrogen-bond donors (Lipinski definition) is 1. The molecule has 3 aromatic rings. The Morgan fingerprint density at radius 1 is 1.02 bits per heavy atom. The second-order valence-corrected chi connectivity index (χ2v) is 11.1. The summed E-state index contributed by atoms with van der Waals surface area (Å²) in [6, 6.07) is 18.4. The number of nitrogens with zero attached hydrogens (tertiary/aromatic N) is 3. The molecule has 0 aromatic heterocycles. The highest BCUT2D eigenvalue weighted by atomic mass is 35.5. The molecule has 2 aliphatic rings. The standard InChI is InChI=1S/C31H32Cl2N4O5/c1-20(38)34-26-9-4-3-8-23(26)21-6-5-7-22(14-21)28(17-36-10-12-41-13-11-36)35(2)30(39)18-37-27-15-24(32)25(33)16-29(27)42-19-31(37)40/h3-9,14-16,28H,10-13,17-19H2,1-2H3,(H,34,38). The molecular weight excluding hydrogens is 579 g/mol. The summed E-state index contributed by atoms with van der Waals surface area (Å²) in [7, 11) is 1.76. The maximum Gasteiger partial charge on any atom is 0.265 e. The molecule has 0 aliphatic carbocycles. The van der Waals surface area contributed by atoms with Crippen LogP contribution in [0, 0.1) is 0 Å². The van der Waals surface area contributed by atoms with Crippen LogP contribution in [0.3, 0.4) is 0 Å². The number of amides is 3. The fourth-order valence-corrected chi connectivity index (χ4v) is 5.53. The van der Waals surface area contributed by atoms with E-state index in [4.69, 9.17) is 32.7 Å². The van der Waals surface area contributed by atoms with E-state index in [0.717, 1.165) is 29.8 Å². The molecule has 1 fully saturated rings. The molecule has 1 atom stereocenters. The number of carbonyl (C=O) groups excluding carboxylic acids is 3. The SMILES string of the molecule is CC(=O)Nc1ccccc1-c1cccc(C(CN2CCOCC2)N(C)C(=O)CN2C(=O)COc3cc(Cl)c(Cl)cc32)c1. The lowest BCUT2D eigenvalue weighted by Crippen LogP contribution is -2.48. The van der Waals surface area contributed by atoms with Crippen molar-refractivity contribution in [2.45, 2.75) is 13.0 Å². The topological polar surface area (TPSA) is 91.4 Å². The van der Waals surface area contributed by atoms with Gasteiger partial charge < -0.3 is 19.7 Å². The minimum atomic E-state index is -0.344. The van der Waals surface area contributed by atoms with E-state index >= 15 is 0 Å². The van der Waals surface area contributed by atoms with E-state index in [1.807, 2.05) is 48.5 Å². The van der Waals surface area contributed by atoms with Gasteiger partial charge in [0.1, 0.15) is 12.3 Å². The monoisotopic (exact) mass is 610 g/mol. The number of morpholine rings is 1. The molecule has 3 amide bonds. The fraction of sp³-hybridized carbons (Fsp3) is 0.323. The van der Waals surface area contributed by atoms with Crippen molar-refractivity contribution in [2.75, 3.05) is 63.3 Å². The molecule has 9 nitrogen and oxygen atoms in total. The summed E-state index contributed by atoms with van der Waals surface area (Å²) in [5.74, 6) is -0.347. The van der Waals surface area contributed by atoms with E-state index in [1.54, 1.807) is 24.1 Å². The lowest BCUT2D eigenvalue weighted by atomic mass is 9.97. The Balaban J connectivity index is 1.45. The van der Waals surface area contributed by atoms with Gasteiger partial charge in [0.2, 0.25) is 11.8 Å². The van der Waals surface area contributed by atoms with Crippen LogP contribution in [0.25, 0.3) is 11.1 Å². The number of nitrogens with one attached hydrogen (secondary N) is 1. The normalized spacial score (nSPS) is 15.9. The third-order valence-corrected chi connectivity index (χ3v) is 8.18. The van der Waals surface area contributed by atoms with Crippen LogP contribution in [-0.4, -0.2) is 80.6 Å². The highest BCUT2D eigenvalue weighted by Crippen LogP contribution is 2.39. The number of benzene rings is 3. The van der Waals surface area contributed by atoms with Gasteiger partial charge >= 0.3 is 0 Å². The predicted molar refractivity (Wildman–Crippen MR) is 163 cm³/mol.